The van der Waals surface area contributed by atoms with Gasteiger partial charge in [-0.3, -0.25) is 0 Å². The Morgan fingerprint density at radius 1 is 1.55 bits per heavy atom. The number of hydrogen-bond acceptors (Lipinski definition) is 1. The van der Waals surface area contributed by atoms with Gasteiger partial charge >= 0.3 is 5.97 Å². The molecule has 0 spiro atoms. The molecule has 6 N–H and O–H groups in total. The quantitative estimate of drug-likeness (QED) is 0.449. The minimum absolute atomic E-state index is 0. The van der Waals surface area contributed by atoms with Gasteiger partial charge in [-0.2, -0.15) is 0 Å². The third kappa shape index (κ3) is 9.32. The zero-order valence-corrected chi connectivity index (χ0v) is 6.80. The van der Waals surface area contributed by atoms with Crippen molar-refractivity contribution in [3.8, 4) is 0 Å². The van der Waals surface area contributed by atoms with E-state index >= 15 is 0 Å². The highest BCUT2D eigenvalue weighted by Crippen LogP contribution is 2.00. The van der Waals surface area contributed by atoms with Crippen molar-refractivity contribution in [1.82, 2.24) is 0 Å². The number of carbonyl (C=O) groups is 1. The van der Waals surface area contributed by atoms with E-state index < -0.39 is 12.0 Å². The summed E-state index contributed by atoms with van der Waals surface area (Å²) in [6.07, 6.45) is 0.662. The lowest BCUT2D eigenvalue weighted by molar-refractivity contribution is -0.410. The summed E-state index contributed by atoms with van der Waals surface area (Å²) in [5.74, 6) is -0.382. The van der Waals surface area contributed by atoms with E-state index in [9.17, 15) is 4.79 Å². The smallest absolute Gasteiger partial charge is 0.362 e. The van der Waals surface area contributed by atoms with E-state index in [1.165, 1.54) is 0 Å². The van der Waals surface area contributed by atoms with Crippen molar-refractivity contribution in [1.29, 1.82) is 0 Å². The lowest BCUT2D eigenvalue weighted by Gasteiger charge is -2.04. The van der Waals surface area contributed by atoms with E-state index in [1.54, 1.807) is 0 Å². The van der Waals surface area contributed by atoms with Gasteiger partial charge in [0.1, 0.15) is 0 Å². The molecular formula is C6H16FNO3. The second-order valence-electron chi connectivity index (χ2n) is 2.66. The normalized spacial score (nSPS) is 11.3. The highest BCUT2D eigenvalue weighted by atomic mass is 19.0. The Kier molecular flexibility index (Phi) is 11.3. The summed E-state index contributed by atoms with van der Waals surface area (Å²) in [4.78, 5) is 10.2. The van der Waals surface area contributed by atoms with Gasteiger partial charge in [0.2, 0.25) is 0 Å². The highest BCUT2D eigenvalue weighted by Gasteiger charge is 2.15. The molecule has 11 heavy (non-hydrogen) atoms. The lowest BCUT2D eigenvalue weighted by atomic mass is 10.1. The first kappa shape index (κ1) is 16.7. The summed E-state index contributed by atoms with van der Waals surface area (Å²) < 4.78 is 0. The van der Waals surface area contributed by atoms with Gasteiger partial charge in [0.25, 0.3) is 0 Å². The van der Waals surface area contributed by atoms with E-state index in [-0.39, 0.29) is 10.2 Å². The van der Waals surface area contributed by atoms with Gasteiger partial charge in [-0.25, -0.2) is 4.79 Å². The zero-order chi connectivity index (χ0) is 7.44. The van der Waals surface area contributed by atoms with Gasteiger partial charge in [0.15, 0.2) is 6.04 Å². The average molecular weight is 169 g/mol. The molecule has 0 aromatic heterocycles. The Balaban J connectivity index is -0.000000320. The Morgan fingerprint density at radius 3 is 2.00 bits per heavy atom. The molecule has 70 valence electrons. The van der Waals surface area contributed by atoms with Crippen molar-refractivity contribution in [3.05, 3.63) is 0 Å². The molecule has 0 aliphatic rings. The topological polar surface area (TPSA) is 96.4 Å². The number of aliphatic carboxylic acids is 1. The van der Waals surface area contributed by atoms with Crippen LogP contribution in [0.1, 0.15) is 20.3 Å². The van der Waals surface area contributed by atoms with E-state index in [2.05, 4.69) is 5.73 Å². The van der Waals surface area contributed by atoms with Crippen LogP contribution in [0, 0.1) is 5.92 Å². The van der Waals surface area contributed by atoms with Crippen LogP contribution in [-0.2, 0) is 4.79 Å². The van der Waals surface area contributed by atoms with E-state index in [1.807, 2.05) is 13.8 Å². The molecule has 0 rings (SSSR count). The number of rotatable bonds is 3. The summed E-state index contributed by atoms with van der Waals surface area (Å²) >= 11 is 0. The van der Waals surface area contributed by atoms with Gasteiger partial charge in [-0.1, -0.05) is 13.8 Å². The average Bonchev–Trinajstić information content (AvgIpc) is 1.63. The van der Waals surface area contributed by atoms with Crippen LogP contribution >= 0.6 is 0 Å². The molecule has 0 aliphatic heterocycles. The molecule has 0 radical (unpaired) electrons. The molecule has 1 atom stereocenters. The van der Waals surface area contributed by atoms with Crippen LogP contribution in [0.2, 0.25) is 0 Å². The highest BCUT2D eigenvalue weighted by molar-refractivity contribution is 5.71. The third-order valence-corrected chi connectivity index (χ3v) is 1.11. The predicted molar refractivity (Wildman–Crippen MR) is 37.4 cm³/mol. The molecule has 5 heteroatoms. The predicted octanol–water partition coefficient (Wildman–Crippen LogP) is -4.09. The molecule has 0 aromatic carbocycles. The SMILES string of the molecule is CC(C)C[C@H]([NH3+])C(=O)O.O.[F-]. The summed E-state index contributed by atoms with van der Waals surface area (Å²) in [5.41, 5.74) is 3.48. The number of carboxylic acid groups (broad SMARTS) is 1. The fourth-order valence-corrected chi connectivity index (χ4v) is 0.670. The molecule has 0 saturated heterocycles. The molecule has 0 aliphatic carbocycles. The van der Waals surface area contributed by atoms with E-state index in [0.717, 1.165) is 0 Å². The number of hydrogen-bond donors (Lipinski definition) is 2. The van der Waals surface area contributed by atoms with Gasteiger partial charge < -0.3 is 21.0 Å². The van der Waals surface area contributed by atoms with Crippen LogP contribution in [0.15, 0.2) is 0 Å². The monoisotopic (exact) mass is 169 g/mol. The maximum Gasteiger partial charge on any atom is 0.362 e. The minimum Gasteiger partial charge on any atom is -1.00 e. The molecule has 0 fully saturated rings. The van der Waals surface area contributed by atoms with Crippen LogP contribution in [0.25, 0.3) is 0 Å². The molecule has 0 heterocycles. The van der Waals surface area contributed by atoms with Gasteiger partial charge in [-0.05, 0) is 5.92 Å². The first-order valence-corrected chi connectivity index (χ1v) is 3.10. The zero-order valence-electron chi connectivity index (χ0n) is 6.80. The summed E-state index contributed by atoms with van der Waals surface area (Å²) in [6, 6.07) is -0.440. The second kappa shape index (κ2) is 7.43. The van der Waals surface area contributed by atoms with E-state index in [4.69, 9.17) is 5.11 Å². The van der Waals surface area contributed by atoms with Gasteiger partial charge in [0.05, 0.1) is 0 Å². The molecule has 0 saturated carbocycles. The summed E-state index contributed by atoms with van der Waals surface area (Å²) in [5, 5.41) is 8.37. The Hall–Kier alpha value is -0.680. The van der Waals surface area contributed by atoms with Crippen molar-refractivity contribution in [2.24, 2.45) is 5.92 Å². The maximum atomic E-state index is 10.2. The number of halogens is 1. The summed E-state index contributed by atoms with van der Waals surface area (Å²) in [6.45, 7) is 3.97. The standard InChI is InChI=1S/C6H13NO2.FH.H2O/c1-4(2)3-5(7)6(8)9;;/h4-5H,3,7H2,1-2H3,(H,8,9);1H;1H2/t5-;;/m0../s1. The first-order chi connectivity index (χ1) is 4.04. The fraction of sp³-hybridized carbons (Fsp3) is 0.833. The Morgan fingerprint density at radius 2 is 1.91 bits per heavy atom. The van der Waals surface area contributed by atoms with E-state index in [0.29, 0.717) is 12.3 Å². The lowest BCUT2D eigenvalue weighted by Crippen LogP contribution is -3.00. The molecular weight excluding hydrogens is 153 g/mol. The summed E-state index contributed by atoms with van der Waals surface area (Å²) in [7, 11) is 0. The van der Waals surface area contributed by atoms with Crippen molar-refractivity contribution < 1.29 is 25.8 Å². The Bertz CT molecular complexity index is 108. The first-order valence-electron chi connectivity index (χ1n) is 3.10. The van der Waals surface area contributed by atoms with Gasteiger partial charge in [-0.15, -0.1) is 0 Å². The number of carboxylic acids is 1. The second-order valence-corrected chi connectivity index (χ2v) is 2.66. The van der Waals surface area contributed by atoms with Crippen molar-refractivity contribution in [2.75, 3.05) is 0 Å². The van der Waals surface area contributed by atoms with Crippen molar-refractivity contribution in [3.63, 3.8) is 0 Å². The van der Waals surface area contributed by atoms with Crippen LogP contribution in [0.3, 0.4) is 0 Å². The molecule has 0 aromatic rings. The molecule has 0 amide bonds. The van der Waals surface area contributed by atoms with Crippen molar-refractivity contribution in [2.45, 2.75) is 26.3 Å². The molecule has 0 unspecified atom stereocenters. The Labute approximate surface area is 65.1 Å². The minimum atomic E-state index is -0.802. The van der Waals surface area contributed by atoms with Crippen LogP contribution in [-0.4, -0.2) is 22.6 Å². The number of quaternary nitrogens is 1. The molecule has 0 bridgehead atoms. The third-order valence-electron chi connectivity index (χ3n) is 1.11. The fourth-order valence-electron chi connectivity index (χ4n) is 0.670. The van der Waals surface area contributed by atoms with Crippen LogP contribution < -0.4 is 10.4 Å². The largest absolute Gasteiger partial charge is 1.00 e. The molecule has 4 nitrogen and oxygen atoms in total. The van der Waals surface area contributed by atoms with Crippen LogP contribution in [0.4, 0.5) is 0 Å². The van der Waals surface area contributed by atoms with Crippen LogP contribution in [0.5, 0.6) is 0 Å². The van der Waals surface area contributed by atoms with Crippen molar-refractivity contribution >= 4 is 5.97 Å². The maximum absolute atomic E-state index is 10.2. The van der Waals surface area contributed by atoms with Gasteiger partial charge in [0, 0.05) is 6.42 Å².